The zero-order valence-corrected chi connectivity index (χ0v) is 71.2. The number of nitrogens with two attached hydrogens (primary N) is 3. The maximum absolute atomic E-state index is 13.3. The van der Waals surface area contributed by atoms with Gasteiger partial charge in [0, 0.05) is 151 Å². The molecule has 10 aromatic rings. The molecule has 18 rings (SSSR count). The summed E-state index contributed by atoms with van der Waals surface area (Å²) < 4.78 is 28.1. The number of piperidine rings is 2. The number of carbonyl (C=O) groups excluding carboxylic acids is 7. The van der Waals surface area contributed by atoms with Gasteiger partial charge in [0.1, 0.15) is 77.2 Å². The van der Waals surface area contributed by atoms with E-state index < -0.39 is 41.7 Å². The van der Waals surface area contributed by atoms with E-state index in [-0.39, 0.29) is 58.8 Å². The van der Waals surface area contributed by atoms with Crippen LogP contribution in [-0.4, -0.2) is 266 Å². The van der Waals surface area contributed by atoms with E-state index in [4.69, 9.17) is 51.2 Å². The van der Waals surface area contributed by atoms with Crippen molar-refractivity contribution < 1.29 is 62.4 Å². The molecule has 127 heavy (non-hydrogen) atoms. The lowest BCUT2D eigenvalue weighted by molar-refractivity contribution is -0.135. The Kier molecular flexibility index (Phi) is 28.4. The van der Waals surface area contributed by atoms with Crippen LogP contribution in [0, 0.1) is 0 Å². The van der Waals surface area contributed by atoms with Gasteiger partial charge in [-0.2, -0.15) is 0 Å². The van der Waals surface area contributed by atoms with Crippen LogP contribution < -0.4 is 53.3 Å². The van der Waals surface area contributed by atoms with Gasteiger partial charge in [-0.25, -0.2) is 19.9 Å². The van der Waals surface area contributed by atoms with E-state index in [0.29, 0.717) is 113 Å². The largest absolute Gasteiger partial charge is 0.480 e. The van der Waals surface area contributed by atoms with Crippen molar-refractivity contribution in [3.05, 3.63) is 193 Å². The molecule has 2 aliphatic carbocycles. The van der Waals surface area contributed by atoms with Gasteiger partial charge in [0.15, 0.2) is 0 Å². The summed E-state index contributed by atoms with van der Waals surface area (Å²) >= 11 is 0. The standard InChI is InChI=1S/C47H54N10O6.C32H41N7O2.C15H15N3O5/c48-43-42-37(31-11-17-35(18-12-31)63-34-6-2-1-3-7-34)29-56(44(42)53-30-52-43)33-15-13-32(14-16-33)55-23-21-54(22-24-55)25-27-62-26-20-49-40(58)28-51-38-9-4-8-36-41(38)47(61)57(46(36)60)39-10-5-19-50-45(39)59;33-14-20-40-21-19-37-15-17-38(18-16-37)25-8-10-26(11-9-25)39-22-29(30-31(34)35-23-36-32(30)39)24-6-12-28(13-7-24)41-27-4-2-1-3-5-27;19-11(20)7-17-9-4-1-3-8-12(9)15(23)18(14(8)22)10-5-2-6-16-13(10)21/h1-4,6-9,11-12,17-18,29-30,32-33,39,51H,5,10,13-16,19-28H2,(H,49,58)(H,50,59)(H2,48,52,53);1-7,12-13,22-23,25-26H,8-11,14-21,33H2,(H2,34,35,36);1,3-4,10,17H,2,5-7H2,(H,16,21)(H,19,20). The fraction of sp³-hybridized carbons (Fsp3) is 0.404. The summed E-state index contributed by atoms with van der Waals surface area (Å²) in [6.07, 6.45) is 18.9. The van der Waals surface area contributed by atoms with Gasteiger partial charge >= 0.3 is 5.97 Å². The third-order valence-electron chi connectivity index (χ3n) is 25.4. The SMILES string of the molecule is NCCOCCN1CCN(C2CCC(n3cc(-c4ccc(Oc5ccccc5)cc4)c4c(N)ncnc43)CC2)CC1.Nc1ncnc2c1c(-c1ccc(Oc3ccccc3)cc1)cn2C1CCC(N2CCN(CCOCCNC(=O)CNc3cccc4c3C(=O)N(C3CCCNC3=O)C4=O)CC2)CC1.O=C(O)CNc1cccc2c1C(=O)N(C1CCCNC1=O)C2=O. The summed E-state index contributed by atoms with van der Waals surface area (Å²) in [6.45, 7) is 14.3. The molecule has 33 nitrogen and oxygen atoms in total. The molecule has 6 aromatic carbocycles. The zero-order chi connectivity index (χ0) is 87.9. The number of nitrogens with zero attached hydrogens (tertiary/aromatic N) is 12. The number of benzene rings is 6. The number of nitrogen functional groups attached to an aromatic ring is 2. The molecule has 0 bridgehead atoms. The number of imide groups is 2. The number of para-hydroxylation sites is 2. The minimum Gasteiger partial charge on any atom is -0.480 e. The number of amides is 7. The summed E-state index contributed by atoms with van der Waals surface area (Å²) in [6, 6.07) is 45.7. The average molecular weight is 1730 g/mol. The number of carboxylic acids is 1. The van der Waals surface area contributed by atoms with Crippen molar-refractivity contribution in [2.75, 3.05) is 153 Å². The number of rotatable bonds is 29. The molecule has 0 radical (unpaired) electrons. The summed E-state index contributed by atoms with van der Waals surface area (Å²) in [5.41, 5.74) is 25.9. The lowest BCUT2D eigenvalue weighted by Gasteiger charge is -2.42. The molecular formula is C94H110N20O13. The van der Waals surface area contributed by atoms with Crippen molar-refractivity contribution >= 4 is 92.4 Å². The number of nitrogens with one attached hydrogen (secondary N) is 5. The topological polar surface area (TPSA) is 413 Å². The molecule has 10 heterocycles. The highest BCUT2D eigenvalue weighted by atomic mass is 16.5. The number of carbonyl (C=O) groups is 8. The van der Waals surface area contributed by atoms with Crippen LogP contribution in [0.25, 0.3) is 44.3 Å². The molecule has 6 fully saturated rings. The van der Waals surface area contributed by atoms with Gasteiger partial charge < -0.3 is 77.0 Å². The molecule has 7 amide bonds. The molecule has 664 valence electrons. The van der Waals surface area contributed by atoms with Crippen molar-refractivity contribution in [1.82, 2.24) is 74.4 Å². The molecule has 33 heteroatoms. The number of piperazine rings is 2. The average Bonchev–Trinajstić information content (AvgIpc) is 1.67. The van der Waals surface area contributed by atoms with E-state index in [2.05, 4.69) is 102 Å². The minimum absolute atomic E-state index is 0.0797. The molecule has 0 spiro atoms. The normalized spacial score (nSPS) is 20.5. The molecule has 12 N–H and O–H groups in total. The van der Waals surface area contributed by atoms with E-state index in [0.717, 1.165) is 188 Å². The van der Waals surface area contributed by atoms with Crippen LogP contribution in [0.1, 0.15) is 131 Å². The number of hydrogen-bond donors (Lipinski definition) is 9. The molecule has 2 atom stereocenters. The molecule has 2 saturated carbocycles. The Hall–Kier alpha value is -12.8. The maximum Gasteiger partial charge on any atom is 0.322 e. The predicted molar refractivity (Wildman–Crippen MR) is 481 cm³/mol. The highest BCUT2D eigenvalue weighted by molar-refractivity contribution is 6.26. The van der Waals surface area contributed by atoms with Crippen molar-refractivity contribution in [2.45, 2.75) is 113 Å². The summed E-state index contributed by atoms with van der Waals surface area (Å²) in [5, 5.41) is 24.4. The fourth-order valence-corrected chi connectivity index (χ4v) is 18.8. The van der Waals surface area contributed by atoms with Crippen LogP contribution in [0.5, 0.6) is 23.0 Å². The van der Waals surface area contributed by atoms with Crippen LogP contribution >= 0.6 is 0 Å². The van der Waals surface area contributed by atoms with Gasteiger partial charge in [-0.15, -0.1) is 0 Å². The van der Waals surface area contributed by atoms with Gasteiger partial charge in [-0.1, -0.05) is 72.8 Å². The van der Waals surface area contributed by atoms with Crippen molar-refractivity contribution in [3.63, 3.8) is 0 Å². The number of ether oxygens (including phenoxy) is 4. The minimum atomic E-state index is -1.08. The lowest BCUT2D eigenvalue weighted by Crippen LogP contribution is -2.52. The molecule has 8 aliphatic rings. The zero-order valence-electron chi connectivity index (χ0n) is 71.2. The first-order valence-electron chi connectivity index (χ1n) is 44.2. The van der Waals surface area contributed by atoms with Crippen LogP contribution in [0.2, 0.25) is 0 Å². The number of aliphatic carboxylic acids is 1. The predicted octanol–water partition coefficient (Wildman–Crippen LogP) is 9.30. The first kappa shape index (κ1) is 87.7. The Labute approximate surface area is 736 Å². The fourth-order valence-electron chi connectivity index (χ4n) is 18.8. The molecule has 2 unspecified atom stereocenters. The van der Waals surface area contributed by atoms with Crippen LogP contribution in [0.3, 0.4) is 0 Å². The monoisotopic (exact) mass is 1730 g/mol. The Bertz CT molecular complexity index is 5550. The molecule has 4 saturated heterocycles. The second kappa shape index (κ2) is 41.1. The second-order valence-corrected chi connectivity index (χ2v) is 33.2. The van der Waals surface area contributed by atoms with Crippen LogP contribution in [-0.2, 0) is 28.7 Å². The quantitative estimate of drug-likeness (QED) is 0.0156. The van der Waals surface area contributed by atoms with Crippen LogP contribution in [0.4, 0.5) is 23.0 Å². The molecule has 6 aliphatic heterocycles. The Morgan fingerprint density at radius 3 is 1.27 bits per heavy atom. The Balaban J connectivity index is 0.000000157. The van der Waals surface area contributed by atoms with E-state index in [1.165, 1.54) is 25.0 Å². The lowest BCUT2D eigenvalue weighted by atomic mass is 9.89. The van der Waals surface area contributed by atoms with E-state index in [9.17, 15) is 38.4 Å². The summed E-state index contributed by atoms with van der Waals surface area (Å²) in [5.74, 6) is 0.0813. The number of anilines is 4. The van der Waals surface area contributed by atoms with Crippen molar-refractivity contribution in [3.8, 4) is 45.3 Å². The van der Waals surface area contributed by atoms with E-state index in [1.54, 1.807) is 36.9 Å². The number of fused-ring (bicyclic) bond motifs is 4. The van der Waals surface area contributed by atoms with Gasteiger partial charge in [-0.3, -0.25) is 67.8 Å². The van der Waals surface area contributed by atoms with Gasteiger partial charge in [0.2, 0.25) is 17.7 Å². The highest BCUT2D eigenvalue weighted by Crippen LogP contribution is 2.43. The maximum atomic E-state index is 13.3. The summed E-state index contributed by atoms with van der Waals surface area (Å²) in [4.78, 5) is 130. The molecular weight excluding hydrogens is 1620 g/mol. The highest BCUT2D eigenvalue weighted by Gasteiger charge is 2.47. The van der Waals surface area contributed by atoms with E-state index in [1.807, 2.05) is 84.9 Å². The van der Waals surface area contributed by atoms with E-state index >= 15 is 0 Å². The number of carboxylic acid groups (broad SMARTS) is 1. The van der Waals surface area contributed by atoms with Gasteiger partial charge in [-0.05, 0) is 161 Å². The smallest absolute Gasteiger partial charge is 0.322 e. The third-order valence-corrected chi connectivity index (χ3v) is 25.4. The van der Waals surface area contributed by atoms with Crippen molar-refractivity contribution in [2.24, 2.45) is 5.73 Å². The second-order valence-electron chi connectivity index (χ2n) is 33.2. The summed E-state index contributed by atoms with van der Waals surface area (Å²) in [7, 11) is 0. The Morgan fingerprint density at radius 1 is 0.441 bits per heavy atom. The third kappa shape index (κ3) is 20.4. The molecule has 4 aromatic heterocycles. The van der Waals surface area contributed by atoms with Crippen LogP contribution in [0.15, 0.2) is 171 Å². The van der Waals surface area contributed by atoms with Crippen molar-refractivity contribution in [1.29, 1.82) is 0 Å². The first-order chi connectivity index (χ1) is 62.0. The van der Waals surface area contributed by atoms with Gasteiger partial charge in [0.25, 0.3) is 23.6 Å². The van der Waals surface area contributed by atoms with Gasteiger partial charge in [0.05, 0.1) is 66.0 Å². The Morgan fingerprint density at radius 2 is 0.850 bits per heavy atom. The first-order valence-corrected chi connectivity index (χ1v) is 44.2. The number of aromatic nitrogens is 6. The number of hydrogen-bond acceptors (Lipinski definition) is 25.